The van der Waals surface area contributed by atoms with Gasteiger partial charge in [0.2, 0.25) is 17.7 Å². The van der Waals surface area contributed by atoms with Gasteiger partial charge in [0, 0.05) is 19.5 Å². The van der Waals surface area contributed by atoms with Crippen molar-refractivity contribution in [3.63, 3.8) is 0 Å². The number of likely N-dealkylation sites (tertiary alicyclic amines) is 1. The van der Waals surface area contributed by atoms with E-state index in [2.05, 4.69) is 18.5 Å². The average molecular weight is 672 g/mol. The predicted molar refractivity (Wildman–Crippen MR) is 185 cm³/mol. The lowest BCUT2D eigenvalue weighted by Gasteiger charge is -2.39. The number of fused-ring (bicyclic) bond motifs is 1. The normalized spacial score (nSPS) is 25.1. The van der Waals surface area contributed by atoms with E-state index in [0.29, 0.717) is 37.8 Å². The van der Waals surface area contributed by atoms with Gasteiger partial charge in [0.1, 0.15) is 17.7 Å². The van der Waals surface area contributed by atoms with Crippen LogP contribution in [0.3, 0.4) is 0 Å². The zero-order valence-corrected chi connectivity index (χ0v) is 28.5. The minimum absolute atomic E-state index is 0.0535. The smallest absolute Gasteiger partial charge is 0.313 e. The Morgan fingerprint density at radius 1 is 1.10 bits per heavy atom. The molecule has 10 nitrogen and oxygen atoms in total. The molecule has 0 unspecified atom stereocenters. The van der Waals surface area contributed by atoms with Gasteiger partial charge in [-0.25, -0.2) is 0 Å². The number of aliphatic hydroxyl groups is 1. The van der Waals surface area contributed by atoms with Crippen LogP contribution in [-0.4, -0.2) is 82.1 Å². The number of hydrogen-bond donors (Lipinski definition) is 2. The zero-order valence-electron chi connectivity index (χ0n) is 28.5. The Balaban J connectivity index is 1.47. The maximum absolute atomic E-state index is 14.8. The molecule has 0 radical (unpaired) electrons. The summed E-state index contributed by atoms with van der Waals surface area (Å²) >= 11 is 0. The first kappa shape index (κ1) is 36.0. The first-order valence-electron chi connectivity index (χ1n) is 17.3. The van der Waals surface area contributed by atoms with E-state index in [4.69, 9.17) is 9.47 Å². The molecule has 1 spiro atoms. The molecule has 3 heterocycles. The molecule has 5 rings (SSSR count). The fraction of sp³-hybridized carbons (Fsp3) is 0.487. The van der Waals surface area contributed by atoms with E-state index in [9.17, 15) is 24.3 Å². The van der Waals surface area contributed by atoms with Crippen LogP contribution in [-0.2, 0) is 35.2 Å². The first-order valence-corrected chi connectivity index (χ1v) is 17.3. The average Bonchev–Trinajstić information content (AvgIpc) is 3.75. The van der Waals surface area contributed by atoms with Gasteiger partial charge in [-0.3, -0.25) is 19.2 Å². The van der Waals surface area contributed by atoms with Gasteiger partial charge >= 0.3 is 5.97 Å². The van der Waals surface area contributed by atoms with Crippen molar-refractivity contribution in [2.45, 2.75) is 82.4 Å². The Morgan fingerprint density at radius 2 is 1.80 bits per heavy atom. The Bertz CT molecular complexity index is 1500. The molecule has 2 N–H and O–H groups in total. The molecule has 3 saturated heterocycles. The molecule has 2 aromatic carbocycles. The van der Waals surface area contributed by atoms with Gasteiger partial charge in [0.25, 0.3) is 0 Å². The SMILES string of the molecule is C=CCCC(=O)NC[C@H](OC(=O)[C@@H]1[C@@H]2CC[C@]3(O2)[C@H](C(=O)N(CC=C)Cc2ccccc2)N([C@@H](CO)CC(C)C)C(=O)[C@@H]13)c1ccccc1. The maximum Gasteiger partial charge on any atom is 0.313 e. The number of esters is 1. The van der Waals surface area contributed by atoms with E-state index in [0.717, 1.165) is 5.56 Å². The summed E-state index contributed by atoms with van der Waals surface area (Å²) in [7, 11) is 0. The summed E-state index contributed by atoms with van der Waals surface area (Å²) in [5.74, 6) is -3.28. The predicted octanol–water partition coefficient (Wildman–Crippen LogP) is 4.35. The van der Waals surface area contributed by atoms with E-state index in [1.807, 2.05) is 74.5 Å². The highest BCUT2D eigenvalue weighted by atomic mass is 16.6. The molecule has 7 atom stereocenters. The molecule has 3 aliphatic rings. The standard InChI is InChI=1S/C39H49N3O7/c1-5-7-18-32(44)40-23-31(28-16-12-9-13-17-28)48-38(47)33-30-19-20-39(49-30)34(33)36(45)42(29(25-43)22-26(3)4)35(39)37(46)41(21-6-2)24-27-14-10-8-11-15-27/h5-6,8-17,26,29-31,33-35,43H,1-2,7,18-25H2,3-4H3,(H,40,44)/t29-,30+,31+,33-,34-,35+,39-/m1/s1. The van der Waals surface area contributed by atoms with Crippen molar-refractivity contribution < 1.29 is 33.8 Å². The van der Waals surface area contributed by atoms with Crippen molar-refractivity contribution in [3.05, 3.63) is 97.1 Å². The van der Waals surface area contributed by atoms with Gasteiger partial charge in [-0.2, -0.15) is 0 Å². The first-order chi connectivity index (χ1) is 23.6. The lowest BCUT2D eigenvalue weighted by Crippen LogP contribution is -2.58. The number of ether oxygens (including phenoxy) is 2. The van der Waals surface area contributed by atoms with Crippen molar-refractivity contribution in [3.8, 4) is 0 Å². The number of allylic oxidation sites excluding steroid dienone is 1. The second-order valence-corrected chi connectivity index (χ2v) is 13.7. The van der Waals surface area contributed by atoms with E-state index in [-0.39, 0.29) is 49.8 Å². The lowest BCUT2D eigenvalue weighted by molar-refractivity contribution is -0.161. The number of benzene rings is 2. The van der Waals surface area contributed by atoms with E-state index in [1.165, 1.54) is 4.90 Å². The van der Waals surface area contributed by atoms with E-state index in [1.54, 1.807) is 17.1 Å². The van der Waals surface area contributed by atoms with Gasteiger partial charge in [-0.1, -0.05) is 86.7 Å². The molecular weight excluding hydrogens is 622 g/mol. The number of nitrogens with one attached hydrogen (secondary N) is 1. The lowest BCUT2D eigenvalue weighted by atomic mass is 9.70. The summed E-state index contributed by atoms with van der Waals surface area (Å²) in [6, 6.07) is 17.1. The second kappa shape index (κ2) is 16.0. The minimum Gasteiger partial charge on any atom is -0.455 e. The van der Waals surface area contributed by atoms with Gasteiger partial charge in [-0.15, -0.1) is 13.2 Å². The molecule has 0 aromatic heterocycles. The molecule has 0 saturated carbocycles. The van der Waals surface area contributed by atoms with Gasteiger partial charge in [-0.05, 0) is 42.7 Å². The van der Waals surface area contributed by atoms with Gasteiger partial charge in [0.15, 0.2) is 0 Å². The van der Waals surface area contributed by atoms with Crippen LogP contribution in [0.5, 0.6) is 0 Å². The van der Waals surface area contributed by atoms with Crippen LogP contribution in [0.25, 0.3) is 0 Å². The van der Waals surface area contributed by atoms with Crippen LogP contribution in [0.1, 0.15) is 63.2 Å². The molecule has 262 valence electrons. The number of nitrogens with zero attached hydrogens (tertiary/aromatic N) is 2. The Hall–Kier alpha value is -4.28. The van der Waals surface area contributed by atoms with Crippen LogP contribution >= 0.6 is 0 Å². The maximum atomic E-state index is 14.8. The third kappa shape index (κ3) is 7.50. The molecular formula is C39H49N3O7. The van der Waals surface area contributed by atoms with E-state index >= 15 is 0 Å². The van der Waals surface area contributed by atoms with Crippen molar-refractivity contribution in [2.24, 2.45) is 17.8 Å². The third-order valence-electron chi connectivity index (χ3n) is 9.96. The number of aliphatic hydroxyl groups excluding tert-OH is 1. The molecule has 3 aliphatic heterocycles. The zero-order chi connectivity index (χ0) is 35.1. The van der Waals surface area contributed by atoms with Crippen LogP contribution in [0.2, 0.25) is 0 Å². The largest absolute Gasteiger partial charge is 0.455 e. The molecule has 0 aliphatic carbocycles. The fourth-order valence-corrected chi connectivity index (χ4v) is 7.86. The number of amides is 3. The number of carbonyl (C=O) groups is 4. The summed E-state index contributed by atoms with van der Waals surface area (Å²) in [5, 5.41) is 13.5. The quantitative estimate of drug-likeness (QED) is 0.189. The molecule has 3 fully saturated rings. The highest BCUT2D eigenvalue weighted by Crippen LogP contribution is 2.59. The van der Waals surface area contributed by atoms with Crippen molar-refractivity contribution in [1.82, 2.24) is 15.1 Å². The third-order valence-corrected chi connectivity index (χ3v) is 9.96. The molecule has 49 heavy (non-hydrogen) atoms. The Kier molecular flexibility index (Phi) is 11.7. The Morgan fingerprint density at radius 3 is 2.43 bits per heavy atom. The summed E-state index contributed by atoms with van der Waals surface area (Å²) in [5.41, 5.74) is 0.360. The highest BCUT2D eigenvalue weighted by Gasteiger charge is 2.75. The molecule has 2 bridgehead atoms. The number of rotatable bonds is 17. The van der Waals surface area contributed by atoms with Crippen molar-refractivity contribution in [1.29, 1.82) is 0 Å². The fourth-order valence-electron chi connectivity index (χ4n) is 7.86. The molecule has 3 amide bonds. The van der Waals surface area contributed by atoms with E-state index < -0.39 is 47.7 Å². The second-order valence-electron chi connectivity index (χ2n) is 13.7. The Labute approximate surface area is 289 Å². The number of hydrogen-bond acceptors (Lipinski definition) is 7. The molecule has 10 heteroatoms. The van der Waals surface area contributed by atoms with Gasteiger partial charge < -0.3 is 29.7 Å². The number of carbonyl (C=O) groups excluding carboxylic acids is 4. The van der Waals surface area contributed by atoms with Crippen LogP contribution in [0.4, 0.5) is 0 Å². The van der Waals surface area contributed by atoms with Crippen molar-refractivity contribution >= 4 is 23.7 Å². The summed E-state index contributed by atoms with van der Waals surface area (Å²) in [4.78, 5) is 59.3. The molecule has 2 aromatic rings. The van der Waals surface area contributed by atoms with Crippen LogP contribution < -0.4 is 5.32 Å². The van der Waals surface area contributed by atoms with Crippen LogP contribution in [0, 0.1) is 17.8 Å². The summed E-state index contributed by atoms with van der Waals surface area (Å²) < 4.78 is 12.8. The topological polar surface area (TPSA) is 125 Å². The van der Waals surface area contributed by atoms with Gasteiger partial charge in [0.05, 0.1) is 37.1 Å². The summed E-state index contributed by atoms with van der Waals surface area (Å²) in [6.07, 6.45) is 4.04. The summed E-state index contributed by atoms with van der Waals surface area (Å²) in [6.45, 7) is 11.8. The minimum atomic E-state index is -1.26. The van der Waals surface area contributed by atoms with Crippen LogP contribution in [0.15, 0.2) is 86.0 Å². The monoisotopic (exact) mass is 671 g/mol. The highest BCUT2D eigenvalue weighted by molar-refractivity contribution is 5.98. The van der Waals surface area contributed by atoms with Crippen molar-refractivity contribution in [2.75, 3.05) is 19.7 Å².